The number of carbonyl (C=O) groups excluding carboxylic acids is 1. The van der Waals surface area contributed by atoms with E-state index in [4.69, 9.17) is 5.73 Å². The van der Waals surface area contributed by atoms with E-state index < -0.39 is 0 Å². The second-order valence-electron chi connectivity index (χ2n) is 7.51. The molecule has 1 aliphatic carbocycles. The number of hydrogen-bond donors (Lipinski definition) is 2. The molecule has 1 atom stereocenters. The van der Waals surface area contributed by atoms with Gasteiger partial charge in [-0.2, -0.15) is 11.8 Å². The Morgan fingerprint density at radius 2 is 1.84 bits per heavy atom. The number of hydrogen-bond acceptors (Lipinski definition) is 3. The lowest BCUT2D eigenvalue weighted by atomic mass is 9.63. The molecule has 19 heavy (non-hydrogen) atoms. The van der Waals surface area contributed by atoms with Crippen molar-refractivity contribution in [2.75, 3.05) is 12.0 Å². The van der Waals surface area contributed by atoms with Gasteiger partial charge < -0.3 is 11.1 Å². The van der Waals surface area contributed by atoms with Crippen LogP contribution in [-0.2, 0) is 4.79 Å². The summed E-state index contributed by atoms with van der Waals surface area (Å²) >= 11 is 1.73. The fourth-order valence-corrected chi connectivity index (χ4v) is 4.12. The molecule has 112 valence electrons. The summed E-state index contributed by atoms with van der Waals surface area (Å²) in [5.41, 5.74) is 6.52. The van der Waals surface area contributed by atoms with Crippen LogP contribution in [0, 0.1) is 10.8 Å². The number of nitrogens with one attached hydrogen (secondary N) is 1. The molecule has 0 radical (unpaired) electrons. The Kier molecular flexibility index (Phi) is 5.75. The predicted octanol–water partition coefficient (Wildman–Crippen LogP) is 2.79. The van der Waals surface area contributed by atoms with Crippen LogP contribution in [-0.4, -0.2) is 30.0 Å². The quantitative estimate of drug-likeness (QED) is 0.817. The molecule has 0 aromatic rings. The summed E-state index contributed by atoms with van der Waals surface area (Å²) in [6.45, 7) is 9.17. The molecule has 0 unspecified atom stereocenters. The summed E-state index contributed by atoms with van der Waals surface area (Å²) in [6, 6.07) is -0.0906. The average molecular weight is 286 g/mol. The summed E-state index contributed by atoms with van der Waals surface area (Å²) in [4.78, 5) is 12.1. The maximum absolute atomic E-state index is 12.1. The van der Waals surface area contributed by atoms with Crippen LogP contribution >= 0.6 is 11.8 Å². The third-order valence-corrected chi connectivity index (χ3v) is 4.52. The Morgan fingerprint density at radius 1 is 1.32 bits per heavy atom. The minimum Gasteiger partial charge on any atom is -0.352 e. The lowest BCUT2D eigenvalue weighted by Crippen LogP contribution is -2.50. The number of carbonyl (C=O) groups is 1. The molecular weight excluding hydrogens is 256 g/mol. The fourth-order valence-electron chi connectivity index (χ4n) is 3.63. The van der Waals surface area contributed by atoms with E-state index in [1.165, 1.54) is 6.42 Å². The molecule has 0 saturated heterocycles. The van der Waals surface area contributed by atoms with Crippen LogP contribution < -0.4 is 11.1 Å². The molecule has 3 nitrogen and oxygen atoms in total. The van der Waals surface area contributed by atoms with Crippen molar-refractivity contribution in [3.63, 3.8) is 0 Å². The Labute approximate surface area is 122 Å². The monoisotopic (exact) mass is 286 g/mol. The van der Waals surface area contributed by atoms with Crippen molar-refractivity contribution >= 4 is 17.7 Å². The Hall–Kier alpha value is -0.220. The van der Waals surface area contributed by atoms with E-state index >= 15 is 0 Å². The van der Waals surface area contributed by atoms with Crippen LogP contribution in [0.25, 0.3) is 0 Å². The molecule has 1 aliphatic rings. The van der Waals surface area contributed by atoms with Gasteiger partial charge in [0.1, 0.15) is 0 Å². The second-order valence-corrected chi connectivity index (χ2v) is 8.49. The van der Waals surface area contributed by atoms with Crippen LogP contribution in [0.3, 0.4) is 0 Å². The zero-order valence-corrected chi connectivity index (χ0v) is 13.9. The van der Waals surface area contributed by atoms with Crippen molar-refractivity contribution in [3.8, 4) is 0 Å². The molecule has 0 bridgehead atoms. The lowest BCUT2D eigenvalue weighted by molar-refractivity contribution is -0.123. The van der Waals surface area contributed by atoms with Crippen LogP contribution in [0.5, 0.6) is 0 Å². The zero-order chi connectivity index (χ0) is 14.7. The molecular formula is C15H30N2OS. The first-order valence-electron chi connectivity index (χ1n) is 7.20. The van der Waals surface area contributed by atoms with Gasteiger partial charge in [0.15, 0.2) is 0 Å². The van der Waals surface area contributed by atoms with E-state index in [0.717, 1.165) is 25.0 Å². The third kappa shape index (κ3) is 5.74. The molecule has 1 amide bonds. The molecule has 0 heterocycles. The van der Waals surface area contributed by atoms with Gasteiger partial charge in [-0.05, 0) is 48.5 Å². The van der Waals surface area contributed by atoms with Gasteiger partial charge in [-0.3, -0.25) is 4.79 Å². The van der Waals surface area contributed by atoms with E-state index in [0.29, 0.717) is 10.8 Å². The van der Waals surface area contributed by atoms with Crippen LogP contribution in [0.1, 0.15) is 53.4 Å². The maximum atomic E-state index is 12.1. The van der Waals surface area contributed by atoms with Crippen LogP contribution in [0.15, 0.2) is 0 Å². The molecule has 1 saturated carbocycles. The van der Waals surface area contributed by atoms with Gasteiger partial charge in [0.2, 0.25) is 5.91 Å². The summed E-state index contributed by atoms with van der Waals surface area (Å²) in [5, 5.41) is 3.17. The van der Waals surface area contributed by atoms with Crippen molar-refractivity contribution in [1.82, 2.24) is 5.32 Å². The van der Waals surface area contributed by atoms with Crippen molar-refractivity contribution in [3.05, 3.63) is 0 Å². The molecule has 3 N–H and O–H groups in total. The highest BCUT2D eigenvalue weighted by Gasteiger charge is 2.39. The largest absolute Gasteiger partial charge is 0.352 e. The number of rotatable bonds is 5. The van der Waals surface area contributed by atoms with Crippen molar-refractivity contribution in [1.29, 1.82) is 0 Å². The molecule has 0 aromatic carbocycles. The SMILES string of the molecule is CSCC[C@H](N)C(=O)NC1CC(C)(C)CC(C)(C)C1. The minimum atomic E-state index is -0.361. The zero-order valence-electron chi connectivity index (χ0n) is 13.1. The van der Waals surface area contributed by atoms with E-state index in [2.05, 4.69) is 33.0 Å². The normalized spacial score (nSPS) is 23.9. The molecule has 0 aliphatic heterocycles. The number of nitrogens with two attached hydrogens (primary N) is 1. The Bertz CT molecular complexity index is 299. The van der Waals surface area contributed by atoms with Crippen molar-refractivity contribution in [2.24, 2.45) is 16.6 Å². The molecule has 4 heteroatoms. The topological polar surface area (TPSA) is 55.1 Å². The molecule has 1 rings (SSSR count). The van der Waals surface area contributed by atoms with Gasteiger partial charge in [0, 0.05) is 6.04 Å². The fraction of sp³-hybridized carbons (Fsp3) is 0.933. The first kappa shape index (κ1) is 16.8. The highest BCUT2D eigenvalue weighted by Crippen LogP contribution is 2.45. The van der Waals surface area contributed by atoms with Crippen LogP contribution in [0.4, 0.5) is 0 Å². The van der Waals surface area contributed by atoms with E-state index in [-0.39, 0.29) is 18.0 Å². The van der Waals surface area contributed by atoms with Gasteiger partial charge >= 0.3 is 0 Å². The summed E-state index contributed by atoms with van der Waals surface area (Å²) in [5.74, 6) is 0.962. The summed E-state index contributed by atoms with van der Waals surface area (Å²) < 4.78 is 0. The second kappa shape index (κ2) is 6.49. The lowest BCUT2D eigenvalue weighted by Gasteiger charge is -2.45. The summed E-state index contributed by atoms with van der Waals surface area (Å²) in [6.07, 6.45) is 6.11. The molecule has 1 fully saturated rings. The van der Waals surface area contributed by atoms with Crippen molar-refractivity contribution in [2.45, 2.75) is 65.5 Å². The Morgan fingerprint density at radius 3 is 2.32 bits per heavy atom. The van der Waals surface area contributed by atoms with Crippen molar-refractivity contribution < 1.29 is 4.79 Å². The van der Waals surface area contributed by atoms with E-state index in [1.807, 2.05) is 6.26 Å². The van der Waals surface area contributed by atoms with Gasteiger partial charge in [-0.15, -0.1) is 0 Å². The maximum Gasteiger partial charge on any atom is 0.237 e. The summed E-state index contributed by atoms with van der Waals surface area (Å²) in [7, 11) is 0. The number of thioether (sulfide) groups is 1. The standard InChI is InChI=1S/C15H30N2OS/c1-14(2)8-11(9-15(3,4)10-14)17-13(18)12(16)6-7-19-5/h11-12H,6-10,16H2,1-5H3,(H,17,18)/t12-/m0/s1. The van der Waals surface area contributed by atoms with Crippen LogP contribution in [0.2, 0.25) is 0 Å². The van der Waals surface area contributed by atoms with E-state index in [9.17, 15) is 4.79 Å². The molecule has 0 aromatic heterocycles. The van der Waals surface area contributed by atoms with Gasteiger partial charge in [0.25, 0.3) is 0 Å². The first-order chi connectivity index (χ1) is 8.65. The third-order valence-electron chi connectivity index (χ3n) is 3.87. The highest BCUT2D eigenvalue weighted by molar-refractivity contribution is 7.98. The predicted molar refractivity (Wildman–Crippen MR) is 84.3 cm³/mol. The van der Waals surface area contributed by atoms with Gasteiger partial charge in [0.05, 0.1) is 6.04 Å². The highest BCUT2D eigenvalue weighted by atomic mass is 32.2. The van der Waals surface area contributed by atoms with Gasteiger partial charge in [-0.25, -0.2) is 0 Å². The van der Waals surface area contributed by atoms with Gasteiger partial charge in [-0.1, -0.05) is 27.7 Å². The Balaban J connectivity index is 2.54. The minimum absolute atomic E-state index is 0.0209. The number of amides is 1. The van der Waals surface area contributed by atoms with E-state index in [1.54, 1.807) is 11.8 Å². The average Bonchev–Trinajstić information content (AvgIpc) is 2.20. The smallest absolute Gasteiger partial charge is 0.237 e. The first-order valence-corrected chi connectivity index (χ1v) is 8.59. The molecule has 0 spiro atoms.